The Kier molecular flexibility index (Phi) is 7.99. The second-order valence-corrected chi connectivity index (χ2v) is 18.2. The predicted octanol–water partition coefficient (Wildman–Crippen LogP) is 17.5. The summed E-state index contributed by atoms with van der Waals surface area (Å²) in [4.78, 5) is 2.44. The van der Waals surface area contributed by atoms with Crippen molar-refractivity contribution in [2.75, 3.05) is 4.90 Å². The van der Waals surface area contributed by atoms with Gasteiger partial charge < -0.3 is 9.47 Å². The van der Waals surface area contributed by atoms with Gasteiger partial charge in [-0.05, 0) is 100 Å². The first kappa shape index (κ1) is 35.3. The summed E-state index contributed by atoms with van der Waals surface area (Å²) in [6.45, 7) is 0. The van der Waals surface area contributed by atoms with Gasteiger partial charge in [0.2, 0.25) is 0 Å². The Balaban J connectivity index is 0.959. The number of aromatic nitrogens is 1. The zero-order chi connectivity index (χ0) is 40.7. The minimum atomic E-state index is 1.11. The molecule has 0 bridgehead atoms. The van der Waals surface area contributed by atoms with Gasteiger partial charge in [0.15, 0.2) is 0 Å². The van der Waals surface area contributed by atoms with E-state index >= 15 is 0 Å². The van der Waals surface area contributed by atoms with E-state index in [1.54, 1.807) is 0 Å². The van der Waals surface area contributed by atoms with Gasteiger partial charge in [-0.3, -0.25) is 0 Å². The number of nitrogens with zero attached hydrogens (tertiary/aromatic N) is 2. The minimum absolute atomic E-state index is 1.11. The summed E-state index contributed by atoms with van der Waals surface area (Å²) >= 11 is 3.73. The normalized spacial score (nSPS) is 11.9. The van der Waals surface area contributed by atoms with Crippen molar-refractivity contribution in [3.05, 3.63) is 218 Å². The van der Waals surface area contributed by atoms with Crippen molar-refractivity contribution >= 4 is 113 Å². The van der Waals surface area contributed by atoms with E-state index in [4.69, 9.17) is 0 Å². The molecule has 0 radical (unpaired) electrons. The Morgan fingerprint density at radius 3 is 1.66 bits per heavy atom. The van der Waals surface area contributed by atoms with Gasteiger partial charge in [-0.25, -0.2) is 0 Å². The lowest BCUT2D eigenvalue weighted by molar-refractivity contribution is 1.19. The van der Waals surface area contributed by atoms with Crippen LogP contribution in [-0.2, 0) is 0 Å². The first-order valence-corrected chi connectivity index (χ1v) is 22.7. The molecule has 10 aromatic carbocycles. The zero-order valence-electron chi connectivity index (χ0n) is 33.5. The van der Waals surface area contributed by atoms with Crippen LogP contribution in [0.3, 0.4) is 0 Å². The third kappa shape index (κ3) is 5.47. The highest BCUT2D eigenvalue weighted by Gasteiger charge is 2.20. The van der Waals surface area contributed by atoms with Crippen LogP contribution in [0, 0.1) is 0 Å². The third-order valence-corrected chi connectivity index (χ3v) is 14.9. The number of rotatable bonds is 6. The maximum atomic E-state index is 2.45. The van der Waals surface area contributed by atoms with Crippen molar-refractivity contribution in [1.29, 1.82) is 0 Å². The van der Waals surface area contributed by atoms with Crippen LogP contribution in [0.4, 0.5) is 17.1 Å². The molecule has 62 heavy (non-hydrogen) atoms. The van der Waals surface area contributed by atoms with Gasteiger partial charge in [0, 0.05) is 73.6 Å². The fraction of sp³-hybridized carbons (Fsp3) is 0. The number of fused-ring (bicyclic) bond motifs is 11. The predicted molar refractivity (Wildman–Crippen MR) is 270 cm³/mol. The molecule has 0 aliphatic carbocycles. The largest absolute Gasteiger partial charge is 0.310 e. The van der Waals surface area contributed by atoms with Crippen LogP contribution in [-0.4, -0.2) is 4.57 Å². The second kappa shape index (κ2) is 14.0. The van der Waals surface area contributed by atoms with Gasteiger partial charge in [0.05, 0.1) is 16.7 Å². The molecule has 0 fully saturated rings. The van der Waals surface area contributed by atoms with Gasteiger partial charge in [0.1, 0.15) is 0 Å². The Morgan fingerprint density at radius 2 is 0.919 bits per heavy atom. The first-order valence-electron chi connectivity index (χ1n) is 21.1. The molecule has 0 unspecified atom stereocenters. The van der Waals surface area contributed by atoms with E-state index in [0.29, 0.717) is 0 Å². The van der Waals surface area contributed by atoms with Gasteiger partial charge in [-0.15, -0.1) is 22.7 Å². The van der Waals surface area contributed by atoms with E-state index in [2.05, 4.69) is 228 Å². The molecule has 4 heteroatoms. The maximum Gasteiger partial charge on any atom is 0.0619 e. The second-order valence-electron chi connectivity index (χ2n) is 16.0. The minimum Gasteiger partial charge on any atom is -0.310 e. The highest BCUT2D eigenvalue weighted by molar-refractivity contribution is 7.26. The summed E-state index contributed by atoms with van der Waals surface area (Å²) in [7, 11) is 0. The van der Waals surface area contributed by atoms with E-state index in [9.17, 15) is 0 Å². The Hall–Kier alpha value is -7.50. The van der Waals surface area contributed by atoms with Crippen molar-refractivity contribution in [2.24, 2.45) is 0 Å². The van der Waals surface area contributed by atoms with Crippen molar-refractivity contribution in [2.45, 2.75) is 0 Å². The van der Waals surface area contributed by atoms with Crippen molar-refractivity contribution in [3.8, 4) is 27.9 Å². The molecule has 0 saturated carbocycles. The van der Waals surface area contributed by atoms with Crippen LogP contribution < -0.4 is 4.90 Å². The summed E-state index contributed by atoms with van der Waals surface area (Å²) < 4.78 is 7.67. The molecule has 13 rings (SSSR count). The molecule has 0 saturated heterocycles. The quantitative estimate of drug-likeness (QED) is 0.162. The van der Waals surface area contributed by atoms with Gasteiger partial charge >= 0.3 is 0 Å². The molecule has 0 aliphatic heterocycles. The van der Waals surface area contributed by atoms with Crippen molar-refractivity contribution in [1.82, 2.24) is 4.57 Å². The summed E-state index contributed by atoms with van der Waals surface area (Å²) in [6, 6.07) is 80.4. The smallest absolute Gasteiger partial charge is 0.0619 e. The van der Waals surface area contributed by atoms with Crippen LogP contribution in [0.5, 0.6) is 0 Å². The molecule has 3 heterocycles. The van der Waals surface area contributed by atoms with Crippen LogP contribution in [0.1, 0.15) is 0 Å². The molecule has 0 spiro atoms. The molecule has 0 atom stereocenters. The average molecular weight is 825 g/mol. The van der Waals surface area contributed by atoms with Crippen LogP contribution >= 0.6 is 22.7 Å². The number of hydrogen-bond acceptors (Lipinski definition) is 3. The monoisotopic (exact) mass is 824 g/mol. The fourth-order valence-corrected chi connectivity index (χ4v) is 12.0. The van der Waals surface area contributed by atoms with Crippen molar-refractivity contribution in [3.63, 3.8) is 0 Å². The van der Waals surface area contributed by atoms with E-state index in [1.807, 2.05) is 22.7 Å². The molecular formula is C58H36N2S2. The molecule has 0 aliphatic rings. The maximum absolute atomic E-state index is 2.45. The molecule has 0 N–H and O–H groups in total. The fourth-order valence-electron chi connectivity index (χ4n) is 9.78. The lowest BCUT2D eigenvalue weighted by Gasteiger charge is -2.27. The molecule has 2 nitrogen and oxygen atoms in total. The highest BCUT2D eigenvalue weighted by Crippen LogP contribution is 2.47. The summed E-state index contributed by atoms with van der Waals surface area (Å²) in [5.41, 5.74) is 11.9. The van der Waals surface area contributed by atoms with E-state index in [-0.39, 0.29) is 0 Å². The summed E-state index contributed by atoms with van der Waals surface area (Å²) in [5, 5.41) is 10.2. The van der Waals surface area contributed by atoms with Crippen LogP contribution in [0.15, 0.2) is 218 Å². The van der Waals surface area contributed by atoms with Crippen LogP contribution in [0.2, 0.25) is 0 Å². The number of thiophene rings is 2. The molecule has 290 valence electrons. The van der Waals surface area contributed by atoms with Crippen LogP contribution in [0.25, 0.3) is 101 Å². The Morgan fingerprint density at radius 1 is 0.355 bits per heavy atom. The molecule has 13 aromatic rings. The lowest BCUT2D eigenvalue weighted by Crippen LogP contribution is -2.10. The van der Waals surface area contributed by atoms with E-state index in [0.717, 1.165) is 17.1 Å². The first-order chi connectivity index (χ1) is 30.7. The molecule has 3 aromatic heterocycles. The van der Waals surface area contributed by atoms with Gasteiger partial charge in [-0.1, -0.05) is 146 Å². The average Bonchev–Trinajstić information content (AvgIpc) is 4.02. The molecular weight excluding hydrogens is 789 g/mol. The number of benzene rings is 10. The SMILES string of the molecule is c1ccc(-n2c3cc(-c4ccc(N(c5ccc(-c6cccc7sc8ccccc8c67)cc5)c5cccc6sc7ccccc7c56)cc4)ccc3c3ccc4ccccc4c32)cc1. The lowest BCUT2D eigenvalue weighted by atomic mass is 9.99. The zero-order valence-corrected chi connectivity index (χ0v) is 35.1. The molecule has 0 amide bonds. The van der Waals surface area contributed by atoms with E-state index < -0.39 is 0 Å². The standard InChI is InChI=1S/C58H36N2S2/c1-2-13-41(14-3-1)60-51-36-40(29-34-46(51)47-35-28-38-12-4-5-15-45(38)58(47)60)37-24-30-42(31-25-37)59(50-19-11-23-55-57(50)49-17-7-9-21-53(49)62-55)43-32-26-39(27-33-43)44-18-10-22-54-56(44)48-16-6-8-20-52(48)61-54/h1-36H. The highest BCUT2D eigenvalue weighted by atomic mass is 32.1. The summed E-state index contributed by atoms with van der Waals surface area (Å²) in [5.74, 6) is 0. The van der Waals surface area contributed by atoms with Gasteiger partial charge in [0.25, 0.3) is 0 Å². The van der Waals surface area contributed by atoms with E-state index in [1.165, 1.54) is 101 Å². The van der Waals surface area contributed by atoms with Crippen molar-refractivity contribution < 1.29 is 0 Å². The number of para-hydroxylation sites is 1. The Labute approximate surface area is 366 Å². The number of hydrogen-bond donors (Lipinski definition) is 0. The topological polar surface area (TPSA) is 8.17 Å². The number of anilines is 3. The Bertz CT molecular complexity index is 3850. The summed E-state index contributed by atoms with van der Waals surface area (Å²) in [6.07, 6.45) is 0. The van der Waals surface area contributed by atoms with Gasteiger partial charge in [-0.2, -0.15) is 0 Å². The third-order valence-electron chi connectivity index (χ3n) is 12.6.